The molecule has 0 aliphatic carbocycles. The lowest BCUT2D eigenvalue weighted by molar-refractivity contribution is -0.142. The van der Waals surface area contributed by atoms with Gasteiger partial charge >= 0.3 is 0 Å². The second-order valence-corrected chi connectivity index (χ2v) is 5.66. The Morgan fingerprint density at radius 3 is 2.71 bits per heavy atom. The quantitative estimate of drug-likeness (QED) is 0.654. The van der Waals surface area contributed by atoms with E-state index in [2.05, 4.69) is 23.8 Å². The summed E-state index contributed by atoms with van der Waals surface area (Å²) in [5.74, 6) is 0.109. The molecule has 0 aromatic rings. The topological polar surface area (TPSA) is 47.0 Å². The van der Waals surface area contributed by atoms with Crippen LogP contribution in [0, 0.1) is 0 Å². The van der Waals surface area contributed by atoms with Gasteiger partial charge < -0.3 is 14.9 Å². The molecule has 1 N–H and O–H groups in total. The Bertz CT molecular complexity index is 310. The van der Waals surface area contributed by atoms with E-state index in [1.807, 2.05) is 4.90 Å². The highest BCUT2D eigenvalue weighted by atomic mass is 16.3. The van der Waals surface area contributed by atoms with Gasteiger partial charge in [0, 0.05) is 45.7 Å². The number of piperazine rings is 2. The van der Waals surface area contributed by atoms with Crippen molar-refractivity contribution in [1.82, 2.24) is 14.7 Å². The van der Waals surface area contributed by atoms with Gasteiger partial charge in [0.25, 0.3) is 0 Å². The lowest BCUT2D eigenvalue weighted by atomic mass is 9.91. The van der Waals surface area contributed by atoms with E-state index in [4.69, 9.17) is 0 Å². The number of rotatable bonds is 1. The van der Waals surface area contributed by atoms with Gasteiger partial charge in [0.05, 0.1) is 12.1 Å². The minimum atomic E-state index is -0.282. The summed E-state index contributed by atoms with van der Waals surface area (Å²) in [5, 5.41) is 9.66. The largest absolute Gasteiger partial charge is 0.394 e. The van der Waals surface area contributed by atoms with Gasteiger partial charge in [-0.05, 0) is 14.0 Å². The van der Waals surface area contributed by atoms with Gasteiger partial charge in [-0.1, -0.05) is 0 Å². The minimum absolute atomic E-state index is 0.108. The summed E-state index contributed by atoms with van der Waals surface area (Å²) in [6.07, 6.45) is 0. The van der Waals surface area contributed by atoms with Crippen molar-refractivity contribution in [1.29, 1.82) is 0 Å². The van der Waals surface area contributed by atoms with Crippen molar-refractivity contribution in [3.05, 3.63) is 0 Å². The molecule has 2 saturated heterocycles. The molecule has 0 aromatic carbocycles. The first-order valence-electron chi connectivity index (χ1n) is 6.28. The Morgan fingerprint density at radius 1 is 1.41 bits per heavy atom. The molecule has 0 spiro atoms. The molecule has 2 aliphatic heterocycles. The van der Waals surface area contributed by atoms with E-state index < -0.39 is 0 Å². The molecule has 2 fully saturated rings. The molecule has 2 rings (SSSR count). The molecule has 2 aliphatic rings. The molecule has 2 atom stereocenters. The van der Waals surface area contributed by atoms with Crippen LogP contribution < -0.4 is 0 Å². The predicted octanol–water partition coefficient (Wildman–Crippen LogP) is -0.784. The maximum absolute atomic E-state index is 11.6. The first-order chi connectivity index (χ1) is 7.96. The Labute approximate surface area is 103 Å². The summed E-state index contributed by atoms with van der Waals surface area (Å²) in [5.41, 5.74) is -0.282. The van der Waals surface area contributed by atoms with Crippen LogP contribution in [0.2, 0.25) is 0 Å². The SMILES string of the molecule is CC(=O)N1C[C@@H]2CN(C)CCN2[C@](C)(CO)C1. The number of amides is 1. The number of hydrogen-bond acceptors (Lipinski definition) is 4. The van der Waals surface area contributed by atoms with Crippen molar-refractivity contribution in [2.75, 3.05) is 46.4 Å². The monoisotopic (exact) mass is 241 g/mol. The summed E-state index contributed by atoms with van der Waals surface area (Å²) < 4.78 is 0. The van der Waals surface area contributed by atoms with Crippen molar-refractivity contribution in [3.8, 4) is 0 Å². The van der Waals surface area contributed by atoms with Crippen LogP contribution >= 0.6 is 0 Å². The highest BCUT2D eigenvalue weighted by Gasteiger charge is 2.44. The first kappa shape index (κ1) is 12.8. The fourth-order valence-corrected chi connectivity index (χ4v) is 3.08. The molecule has 5 nitrogen and oxygen atoms in total. The zero-order chi connectivity index (χ0) is 12.6. The lowest BCUT2D eigenvalue weighted by Gasteiger charge is -2.55. The molecule has 1 amide bonds. The van der Waals surface area contributed by atoms with Gasteiger partial charge in [0.2, 0.25) is 5.91 Å². The highest BCUT2D eigenvalue weighted by Crippen LogP contribution is 2.27. The maximum atomic E-state index is 11.6. The van der Waals surface area contributed by atoms with E-state index in [9.17, 15) is 9.90 Å². The van der Waals surface area contributed by atoms with E-state index in [-0.39, 0.29) is 18.1 Å². The van der Waals surface area contributed by atoms with Crippen LogP contribution in [0.1, 0.15) is 13.8 Å². The molecule has 17 heavy (non-hydrogen) atoms. The number of fused-ring (bicyclic) bond motifs is 1. The van der Waals surface area contributed by atoms with Gasteiger partial charge in [-0.25, -0.2) is 0 Å². The van der Waals surface area contributed by atoms with E-state index in [1.165, 1.54) is 0 Å². The van der Waals surface area contributed by atoms with Crippen LogP contribution in [0.3, 0.4) is 0 Å². The van der Waals surface area contributed by atoms with E-state index >= 15 is 0 Å². The fourth-order valence-electron chi connectivity index (χ4n) is 3.08. The second-order valence-electron chi connectivity index (χ2n) is 5.66. The predicted molar refractivity (Wildman–Crippen MR) is 65.7 cm³/mol. The van der Waals surface area contributed by atoms with Gasteiger partial charge in [-0.2, -0.15) is 0 Å². The van der Waals surface area contributed by atoms with E-state index in [1.54, 1.807) is 6.92 Å². The molecule has 0 saturated carbocycles. The molecule has 0 bridgehead atoms. The Hall–Kier alpha value is -0.650. The van der Waals surface area contributed by atoms with Crippen molar-refractivity contribution >= 4 is 5.91 Å². The summed E-state index contributed by atoms with van der Waals surface area (Å²) in [6, 6.07) is 0.351. The van der Waals surface area contributed by atoms with Crippen molar-refractivity contribution < 1.29 is 9.90 Å². The van der Waals surface area contributed by atoms with Gasteiger partial charge in [0.15, 0.2) is 0 Å². The number of aliphatic hydroxyl groups is 1. The number of nitrogens with zero attached hydrogens (tertiary/aromatic N) is 3. The van der Waals surface area contributed by atoms with Crippen molar-refractivity contribution in [3.63, 3.8) is 0 Å². The summed E-state index contributed by atoms with van der Waals surface area (Å²) in [7, 11) is 2.11. The molecule has 5 heteroatoms. The molecule has 0 radical (unpaired) electrons. The number of likely N-dealkylation sites (N-methyl/N-ethyl adjacent to an activating group) is 1. The second kappa shape index (κ2) is 4.55. The third kappa shape index (κ3) is 2.32. The summed E-state index contributed by atoms with van der Waals surface area (Å²) in [4.78, 5) is 18.1. The highest BCUT2D eigenvalue weighted by molar-refractivity contribution is 5.73. The zero-order valence-corrected chi connectivity index (χ0v) is 11.0. The van der Waals surface area contributed by atoms with Crippen LogP contribution in [-0.4, -0.2) is 83.7 Å². The van der Waals surface area contributed by atoms with Crippen LogP contribution in [0.25, 0.3) is 0 Å². The third-order valence-corrected chi connectivity index (χ3v) is 4.13. The number of carbonyl (C=O) groups is 1. The number of hydrogen-bond donors (Lipinski definition) is 1. The van der Waals surface area contributed by atoms with Gasteiger partial charge in [-0.15, -0.1) is 0 Å². The zero-order valence-electron chi connectivity index (χ0n) is 11.0. The first-order valence-corrected chi connectivity index (χ1v) is 6.28. The number of aliphatic hydroxyl groups excluding tert-OH is 1. The van der Waals surface area contributed by atoms with Crippen LogP contribution in [-0.2, 0) is 4.79 Å². The molecular formula is C12H23N3O2. The maximum Gasteiger partial charge on any atom is 0.219 e. The minimum Gasteiger partial charge on any atom is -0.394 e. The normalized spacial score (nSPS) is 35.8. The van der Waals surface area contributed by atoms with Crippen molar-refractivity contribution in [2.24, 2.45) is 0 Å². The Kier molecular flexibility index (Phi) is 3.43. The van der Waals surface area contributed by atoms with Gasteiger partial charge in [0.1, 0.15) is 0 Å². The van der Waals surface area contributed by atoms with E-state index in [0.29, 0.717) is 12.6 Å². The molecule has 98 valence electrons. The Morgan fingerprint density at radius 2 is 2.12 bits per heavy atom. The van der Waals surface area contributed by atoms with Gasteiger partial charge in [-0.3, -0.25) is 9.69 Å². The molecule has 0 unspecified atom stereocenters. The smallest absolute Gasteiger partial charge is 0.219 e. The number of carbonyl (C=O) groups excluding carboxylic acids is 1. The average molecular weight is 241 g/mol. The van der Waals surface area contributed by atoms with Crippen LogP contribution in [0.5, 0.6) is 0 Å². The molecular weight excluding hydrogens is 218 g/mol. The summed E-state index contributed by atoms with van der Waals surface area (Å²) >= 11 is 0. The fraction of sp³-hybridized carbons (Fsp3) is 0.917. The molecule has 2 heterocycles. The van der Waals surface area contributed by atoms with Crippen LogP contribution in [0.15, 0.2) is 0 Å². The third-order valence-electron chi connectivity index (χ3n) is 4.13. The van der Waals surface area contributed by atoms with Crippen LogP contribution in [0.4, 0.5) is 0 Å². The standard InChI is InChI=1S/C12H23N3O2/c1-10(17)14-7-11-6-13(3)4-5-15(11)12(2,8-14)9-16/h11,16H,4-9H2,1-3H3/t11-,12-/m0/s1. The summed E-state index contributed by atoms with van der Waals surface area (Å²) in [6.45, 7) is 8.18. The lowest BCUT2D eigenvalue weighted by Crippen LogP contribution is -2.71. The van der Waals surface area contributed by atoms with Crippen molar-refractivity contribution in [2.45, 2.75) is 25.4 Å². The van der Waals surface area contributed by atoms with E-state index in [0.717, 1.165) is 26.2 Å². The molecule has 0 aromatic heterocycles. The Balaban J connectivity index is 2.19. The average Bonchev–Trinajstić information content (AvgIpc) is 2.28.